The Bertz CT molecular complexity index is 1380. The van der Waals surface area contributed by atoms with Gasteiger partial charge in [0.05, 0.1) is 5.57 Å². The van der Waals surface area contributed by atoms with E-state index in [9.17, 15) is 0 Å². The predicted molar refractivity (Wildman–Crippen MR) is 167 cm³/mol. The highest BCUT2D eigenvalue weighted by Gasteiger charge is 2.62. The second kappa shape index (κ2) is 10.3. The summed E-state index contributed by atoms with van der Waals surface area (Å²) in [6.07, 6.45) is 6.46. The van der Waals surface area contributed by atoms with Gasteiger partial charge in [-0.3, -0.25) is 0 Å². The third-order valence-corrected chi connectivity index (χ3v) is 11.2. The summed E-state index contributed by atoms with van der Waals surface area (Å²) in [6.45, 7) is 0. The summed E-state index contributed by atoms with van der Waals surface area (Å²) in [5.74, 6) is 3.39. The van der Waals surface area contributed by atoms with Crippen LogP contribution in [-0.4, -0.2) is 4.93 Å². The summed E-state index contributed by atoms with van der Waals surface area (Å²) < 4.78 is 14.4. The molecule has 0 unspecified atom stereocenters. The van der Waals surface area contributed by atoms with E-state index in [4.69, 9.17) is 9.47 Å². The molecule has 0 atom stereocenters. The van der Waals surface area contributed by atoms with Crippen LogP contribution in [0.25, 0.3) is 11.1 Å². The molecule has 1 saturated heterocycles. The number of thioether (sulfide) groups is 1. The lowest BCUT2D eigenvalue weighted by Gasteiger charge is -2.61. The molecule has 4 bridgehead atoms. The molecule has 0 aromatic heterocycles. The molecule has 0 N–H and O–H groups in total. The summed E-state index contributed by atoms with van der Waals surface area (Å²) in [6, 6.07) is 42.7. The molecule has 1 aliphatic heterocycles. The molecule has 5 aliphatic rings. The lowest BCUT2D eigenvalue weighted by atomic mass is 9.54. The number of hydrogen-bond donors (Lipinski definition) is 0. The fourth-order valence-electron chi connectivity index (χ4n) is 8.04. The molecule has 204 valence electrons. The van der Waals surface area contributed by atoms with Gasteiger partial charge in [0.1, 0.15) is 0 Å². The van der Waals surface area contributed by atoms with Crippen LogP contribution in [-0.2, 0) is 9.47 Å². The minimum Gasteiger partial charge on any atom is -0.446 e. The molecule has 0 amide bonds. The van der Waals surface area contributed by atoms with Crippen LogP contribution < -0.4 is 0 Å². The zero-order chi connectivity index (χ0) is 27.2. The molecule has 2 nitrogen and oxygen atoms in total. The fourth-order valence-corrected chi connectivity index (χ4v) is 9.62. The Hall–Kier alpha value is -3.69. The molecule has 1 heterocycles. The summed E-state index contributed by atoms with van der Waals surface area (Å²) in [7, 11) is 0. The molecule has 9 rings (SSSR count). The van der Waals surface area contributed by atoms with Gasteiger partial charge in [-0.1, -0.05) is 121 Å². The van der Waals surface area contributed by atoms with Crippen LogP contribution >= 0.6 is 11.8 Å². The van der Waals surface area contributed by atoms with Gasteiger partial charge >= 0.3 is 0 Å². The topological polar surface area (TPSA) is 18.5 Å². The normalized spacial score (nSPS) is 27.8. The third kappa shape index (κ3) is 4.42. The Balaban J connectivity index is 1.39. The van der Waals surface area contributed by atoms with Crippen molar-refractivity contribution in [3.63, 3.8) is 0 Å². The first-order valence-electron chi connectivity index (χ1n) is 15.0. The van der Waals surface area contributed by atoms with Crippen molar-refractivity contribution in [3.8, 4) is 0 Å². The van der Waals surface area contributed by atoms with Gasteiger partial charge in [0, 0.05) is 17.4 Å². The van der Waals surface area contributed by atoms with E-state index in [1.165, 1.54) is 43.2 Å². The zero-order valence-corrected chi connectivity index (χ0v) is 23.9. The molecule has 5 fully saturated rings. The largest absolute Gasteiger partial charge is 0.446 e. The molecule has 4 aromatic carbocycles. The minimum atomic E-state index is -0.319. The van der Waals surface area contributed by atoms with Gasteiger partial charge in [0.15, 0.2) is 10.0 Å². The van der Waals surface area contributed by atoms with Crippen molar-refractivity contribution in [1.29, 1.82) is 0 Å². The Morgan fingerprint density at radius 3 is 1.32 bits per heavy atom. The molecule has 4 saturated carbocycles. The van der Waals surface area contributed by atoms with Crippen LogP contribution in [0.2, 0.25) is 0 Å². The van der Waals surface area contributed by atoms with Crippen molar-refractivity contribution < 1.29 is 9.47 Å². The molecule has 3 heteroatoms. The Kier molecular flexibility index (Phi) is 6.29. The van der Waals surface area contributed by atoms with Gasteiger partial charge in [-0.15, -0.1) is 0 Å². The van der Waals surface area contributed by atoms with Gasteiger partial charge in [-0.25, -0.2) is 0 Å². The van der Waals surface area contributed by atoms with Crippen molar-refractivity contribution in [2.45, 2.75) is 37.0 Å². The van der Waals surface area contributed by atoms with E-state index in [-0.39, 0.29) is 4.93 Å². The molecule has 41 heavy (non-hydrogen) atoms. The Morgan fingerprint density at radius 1 is 0.512 bits per heavy atom. The maximum atomic E-state index is 7.36. The van der Waals surface area contributed by atoms with Crippen LogP contribution in [0.5, 0.6) is 0 Å². The second-order valence-electron chi connectivity index (χ2n) is 12.1. The Labute approximate surface area is 247 Å². The first-order chi connectivity index (χ1) is 20.3. The molecule has 0 radical (unpaired) electrons. The van der Waals surface area contributed by atoms with Crippen molar-refractivity contribution in [2.24, 2.45) is 23.7 Å². The van der Waals surface area contributed by atoms with Gasteiger partial charge < -0.3 is 9.47 Å². The SMILES string of the molecule is c1ccc(C(=C2OC(=C(c3ccccc3)c3ccccc3)SC3(O2)C2CC4CC(C2)CC3C4)c2ccccc2)cc1. The van der Waals surface area contributed by atoms with Crippen LogP contribution in [0.15, 0.2) is 132 Å². The van der Waals surface area contributed by atoms with Crippen molar-refractivity contribution in [2.75, 3.05) is 0 Å². The first-order valence-corrected chi connectivity index (χ1v) is 15.8. The standard InChI is InChI=1S/C38H34O2S/c1-5-13-28(14-6-1)34(29-15-7-2-8-16-29)36-39-37(35(30-17-9-3-10-18-30)31-19-11-4-12-20-31)41-38(40-36)32-22-26-21-27(24-32)25-33(38)23-26/h1-20,26-27,32-33H,21-25H2. The van der Waals surface area contributed by atoms with Crippen LogP contribution in [0.1, 0.15) is 54.4 Å². The summed E-state index contributed by atoms with van der Waals surface area (Å²) in [5.41, 5.74) is 6.73. The van der Waals surface area contributed by atoms with Crippen LogP contribution in [0, 0.1) is 23.7 Å². The van der Waals surface area contributed by atoms with E-state index >= 15 is 0 Å². The summed E-state index contributed by atoms with van der Waals surface area (Å²) in [5, 5.41) is 0.959. The lowest BCUT2D eigenvalue weighted by molar-refractivity contribution is -0.155. The first kappa shape index (κ1) is 25.1. The quantitative estimate of drug-likeness (QED) is 0.250. The van der Waals surface area contributed by atoms with Crippen molar-refractivity contribution >= 4 is 22.9 Å². The van der Waals surface area contributed by atoms with E-state index < -0.39 is 0 Å². The number of rotatable bonds is 4. The number of benzene rings is 4. The fraction of sp³-hybridized carbons (Fsp3) is 0.263. The van der Waals surface area contributed by atoms with Crippen LogP contribution in [0.4, 0.5) is 0 Å². The van der Waals surface area contributed by atoms with Crippen molar-refractivity contribution in [1.82, 2.24) is 0 Å². The van der Waals surface area contributed by atoms with E-state index in [0.29, 0.717) is 17.8 Å². The molecule has 1 spiro atoms. The van der Waals surface area contributed by atoms with E-state index in [1.807, 2.05) is 11.8 Å². The monoisotopic (exact) mass is 554 g/mol. The Morgan fingerprint density at radius 2 is 0.902 bits per heavy atom. The van der Waals surface area contributed by atoms with Crippen LogP contribution in [0.3, 0.4) is 0 Å². The highest BCUT2D eigenvalue weighted by Crippen LogP contribution is 2.67. The predicted octanol–water partition coefficient (Wildman–Crippen LogP) is 9.75. The number of ether oxygens (including phenoxy) is 2. The lowest BCUT2D eigenvalue weighted by Crippen LogP contribution is -2.58. The zero-order valence-electron chi connectivity index (χ0n) is 23.1. The highest BCUT2D eigenvalue weighted by atomic mass is 32.2. The van der Waals surface area contributed by atoms with Gasteiger partial charge in [0.2, 0.25) is 0 Å². The maximum Gasteiger partial charge on any atom is 0.295 e. The van der Waals surface area contributed by atoms with Gasteiger partial charge in [-0.2, -0.15) is 0 Å². The van der Waals surface area contributed by atoms with E-state index in [0.717, 1.165) is 39.2 Å². The van der Waals surface area contributed by atoms with E-state index in [1.54, 1.807) is 0 Å². The number of hydrogen-bond acceptors (Lipinski definition) is 3. The van der Waals surface area contributed by atoms with E-state index in [2.05, 4.69) is 121 Å². The smallest absolute Gasteiger partial charge is 0.295 e. The van der Waals surface area contributed by atoms with Crippen molar-refractivity contribution in [3.05, 3.63) is 155 Å². The molecular weight excluding hydrogens is 520 g/mol. The average molecular weight is 555 g/mol. The second-order valence-corrected chi connectivity index (χ2v) is 13.3. The molecular formula is C38H34O2S. The maximum absolute atomic E-state index is 7.36. The third-order valence-electron chi connectivity index (χ3n) is 9.62. The average Bonchev–Trinajstić information content (AvgIpc) is 3.02. The van der Waals surface area contributed by atoms with Gasteiger partial charge in [-0.05, 0) is 78.0 Å². The molecule has 4 aromatic rings. The minimum absolute atomic E-state index is 0.319. The van der Waals surface area contributed by atoms with Gasteiger partial charge in [0.25, 0.3) is 5.95 Å². The highest BCUT2D eigenvalue weighted by molar-refractivity contribution is 8.04. The molecule has 4 aliphatic carbocycles. The summed E-state index contributed by atoms with van der Waals surface area (Å²) >= 11 is 1.88. The summed E-state index contributed by atoms with van der Waals surface area (Å²) in [4.78, 5) is -0.319.